The fourth-order valence-corrected chi connectivity index (χ4v) is 5.02. The van der Waals surface area contributed by atoms with Gasteiger partial charge in [0.25, 0.3) is 5.91 Å². The maximum atomic E-state index is 12.7. The topological polar surface area (TPSA) is 75.4 Å². The molecule has 1 aliphatic heterocycles. The maximum absolute atomic E-state index is 12.7. The van der Waals surface area contributed by atoms with Crippen LogP contribution in [-0.2, 0) is 19.5 Å². The second-order valence-corrected chi connectivity index (χ2v) is 8.34. The SMILES string of the molecule is O=C(Nc1nc2sc3c(c2c(=O)o1)CCN(Cc1ccccc1)C3)c1ccccc1. The summed E-state index contributed by atoms with van der Waals surface area (Å²) < 4.78 is 5.32. The first-order valence-corrected chi connectivity index (χ1v) is 10.6. The lowest BCUT2D eigenvalue weighted by molar-refractivity contribution is 0.102. The summed E-state index contributed by atoms with van der Waals surface area (Å²) in [5.41, 5.74) is 2.33. The van der Waals surface area contributed by atoms with Gasteiger partial charge in [-0.2, -0.15) is 4.98 Å². The predicted octanol–water partition coefficient (Wildman–Crippen LogP) is 4.06. The van der Waals surface area contributed by atoms with E-state index < -0.39 is 5.63 Å². The summed E-state index contributed by atoms with van der Waals surface area (Å²) in [5, 5.41) is 3.14. The van der Waals surface area contributed by atoms with Crippen molar-refractivity contribution in [3.8, 4) is 0 Å². The van der Waals surface area contributed by atoms with Crippen LogP contribution in [0.2, 0.25) is 0 Å². The molecule has 0 aliphatic carbocycles. The van der Waals surface area contributed by atoms with Gasteiger partial charge in [-0.3, -0.25) is 15.0 Å². The molecule has 3 heterocycles. The Balaban J connectivity index is 1.40. The van der Waals surface area contributed by atoms with E-state index in [4.69, 9.17) is 4.42 Å². The molecule has 1 N–H and O–H groups in total. The van der Waals surface area contributed by atoms with E-state index >= 15 is 0 Å². The molecule has 6 nitrogen and oxygen atoms in total. The van der Waals surface area contributed by atoms with Crippen LogP contribution in [0.1, 0.15) is 26.4 Å². The van der Waals surface area contributed by atoms with Gasteiger partial charge < -0.3 is 4.42 Å². The molecule has 7 heteroatoms. The number of amides is 1. The van der Waals surface area contributed by atoms with Gasteiger partial charge in [-0.05, 0) is 29.7 Å². The third-order valence-corrected chi connectivity index (χ3v) is 6.33. The lowest BCUT2D eigenvalue weighted by atomic mass is 10.0. The van der Waals surface area contributed by atoms with Crippen molar-refractivity contribution in [1.82, 2.24) is 9.88 Å². The number of nitrogens with zero attached hydrogens (tertiary/aromatic N) is 2. The first kappa shape index (κ1) is 18.7. The highest BCUT2D eigenvalue weighted by Gasteiger charge is 2.25. The molecule has 1 amide bonds. The van der Waals surface area contributed by atoms with Crippen LogP contribution in [-0.4, -0.2) is 22.3 Å². The van der Waals surface area contributed by atoms with E-state index in [2.05, 4.69) is 27.3 Å². The molecule has 5 rings (SSSR count). The first-order valence-electron chi connectivity index (χ1n) is 9.75. The number of hydrogen-bond donors (Lipinski definition) is 1. The van der Waals surface area contributed by atoms with Gasteiger partial charge in [0.2, 0.25) is 0 Å². The molecule has 4 aromatic rings. The Labute approximate surface area is 176 Å². The Hall–Kier alpha value is -3.29. The van der Waals surface area contributed by atoms with E-state index in [9.17, 15) is 9.59 Å². The van der Waals surface area contributed by atoms with Crippen molar-refractivity contribution in [3.05, 3.63) is 92.7 Å². The molecule has 0 bridgehead atoms. The first-order chi connectivity index (χ1) is 14.7. The number of thiophene rings is 1. The Morgan fingerprint density at radius 1 is 1.10 bits per heavy atom. The van der Waals surface area contributed by atoms with Crippen LogP contribution in [0.4, 0.5) is 6.01 Å². The van der Waals surface area contributed by atoms with E-state index in [1.807, 2.05) is 24.3 Å². The monoisotopic (exact) mass is 417 g/mol. The van der Waals surface area contributed by atoms with Gasteiger partial charge in [0.05, 0.1) is 0 Å². The van der Waals surface area contributed by atoms with E-state index in [1.165, 1.54) is 16.9 Å². The van der Waals surface area contributed by atoms with Crippen LogP contribution in [0.5, 0.6) is 0 Å². The molecule has 30 heavy (non-hydrogen) atoms. The van der Waals surface area contributed by atoms with Crippen LogP contribution in [0.3, 0.4) is 0 Å². The molecule has 0 saturated heterocycles. The van der Waals surface area contributed by atoms with E-state index in [0.29, 0.717) is 15.8 Å². The van der Waals surface area contributed by atoms with Gasteiger partial charge >= 0.3 is 11.6 Å². The highest BCUT2D eigenvalue weighted by molar-refractivity contribution is 7.18. The van der Waals surface area contributed by atoms with E-state index in [1.54, 1.807) is 24.3 Å². The number of benzene rings is 2. The molecular weight excluding hydrogens is 398 g/mol. The van der Waals surface area contributed by atoms with Crippen molar-refractivity contribution in [2.24, 2.45) is 0 Å². The fraction of sp³-hybridized carbons (Fsp3) is 0.174. The third kappa shape index (κ3) is 3.65. The quantitative estimate of drug-likeness (QED) is 0.542. The number of carbonyl (C=O) groups is 1. The summed E-state index contributed by atoms with van der Waals surface area (Å²) in [4.78, 5) is 33.5. The minimum absolute atomic E-state index is 0.0684. The molecule has 0 fully saturated rings. The minimum atomic E-state index is -0.447. The number of fused-ring (bicyclic) bond motifs is 3. The second kappa shape index (κ2) is 7.85. The van der Waals surface area contributed by atoms with Crippen molar-refractivity contribution in [2.45, 2.75) is 19.5 Å². The zero-order chi connectivity index (χ0) is 20.5. The van der Waals surface area contributed by atoms with Crippen LogP contribution in [0, 0.1) is 0 Å². The molecule has 2 aromatic carbocycles. The maximum Gasteiger partial charge on any atom is 0.349 e. The van der Waals surface area contributed by atoms with Gasteiger partial charge in [-0.15, -0.1) is 11.3 Å². The average Bonchev–Trinajstić information content (AvgIpc) is 3.13. The van der Waals surface area contributed by atoms with Gasteiger partial charge in [0.1, 0.15) is 10.2 Å². The summed E-state index contributed by atoms with van der Waals surface area (Å²) in [5.74, 6) is -0.360. The van der Waals surface area contributed by atoms with Crippen LogP contribution in [0.25, 0.3) is 10.2 Å². The Bertz CT molecular complexity index is 1270. The van der Waals surface area contributed by atoms with Gasteiger partial charge in [0.15, 0.2) is 0 Å². The Kier molecular flexibility index (Phi) is 4.90. The molecule has 0 saturated carbocycles. The lowest BCUT2D eigenvalue weighted by Gasteiger charge is -2.26. The summed E-state index contributed by atoms with van der Waals surface area (Å²) in [6.07, 6.45) is 0.782. The largest absolute Gasteiger partial charge is 0.388 e. The second-order valence-electron chi connectivity index (χ2n) is 7.26. The highest BCUT2D eigenvalue weighted by atomic mass is 32.1. The molecule has 0 atom stereocenters. The predicted molar refractivity (Wildman–Crippen MR) is 117 cm³/mol. The summed E-state index contributed by atoms with van der Waals surface area (Å²) in [7, 11) is 0. The average molecular weight is 417 g/mol. The number of carbonyl (C=O) groups excluding carboxylic acids is 1. The van der Waals surface area contributed by atoms with Gasteiger partial charge in [-0.25, -0.2) is 4.79 Å². The van der Waals surface area contributed by atoms with E-state index in [0.717, 1.165) is 36.5 Å². The van der Waals surface area contributed by atoms with Crippen molar-refractivity contribution >= 4 is 33.5 Å². The minimum Gasteiger partial charge on any atom is -0.388 e. The van der Waals surface area contributed by atoms with E-state index in [-0.39, 0.29) is 11.9 Å². The Morgan fingerprint density at radius 3 is 2.60 bits per heavy atom. The van der Waals surface area contributed by atoms with Crippen molar-refractivity contribution < 1.29 is 9.21 Å². The summed E-state index contributed by atoms with van der Waals surface area (Å²) >= 11 is 1.50. The number of nitrogens with one attached hydrogen (secondary N) is 1. The number of hydrogen-bond acceptors (Lipinski definition) is 6. The molecule has 150 valence electrons. The number of rotatable bonds is 4. The smallest absolute Gasteiger partial charge is 0.349 e. The zero-order valence-corrected chi connectivity index (χ0v) is 16.9. The van der Waals surface area contributed by atoms with Crippen LogP contribution >= 0.6 is 11.3 Å². The Morgan fingerprint density at radius 2 is 1.83 bits per heavy atom. The van der Waals surface area contributed by atoms with Crippen LogP contribution in [0.15, 0.2) is 69.9 Å². The lowest BCUT2D eigenvalue weighted by Crippen LogP contribution is -2.29. The molecule has 0 spiro atoms. The number of aromatic nitrogens is 1. The van der Waals surface area contributed by atoms with Crippen molar-refractivity contribution in [1.29, 1.82) is 0 Å². The summed E-state index contributed by atoms with van der Waals surface area (Å²) in [6, 6.07) is 19.1. The van der Waals surface area contributed by atoms with Crippen molar-refractivity contribution in [3.63, 3.8) is 0 Å². The summed E-state index contributed by atoms with van der Waals surface area (Å²) in [6.45, 7) is 2.52. The fourth-order valence-electron chi connectivity index (χ4n) is 3.77. The zero-order valence-electron chi connectivity index (χ0n) is 16.1. The highest BCUT2D eigenvalue weighted by Crippen LogP contribution is 2.33. The number of anilines is 1. The standard InChI is InChI=1S/C23H19N3O3S/c27-20(16-9-5-2-6-10-16)24-23-25-21-19(22(28)29-23)17-11-12-26(14-18(17)30-21)13-15-7-3-1-4-8-15/h1-10H,11-14H2,(H,24,25,27). The molecular formula is C23H19N3O3S. The van der Waals surface area contributed by atoms with Crippen molar-refractivity contribution in [2.75, 3.05) is 11.9 Å². The van der Waals surface area contributed by atoms with Crippen LogP contribution < -0.4 is 10.9 Å². The molecule has 2 aromatic heterocycles. The van der Waals surface area contributed by atoms with Gasteiger partial charge in [0, 0.05) is 30.1 Å². The van der Waals surface area contributed by atoms with Gasteiger partial charge in [-0.1, -0.05) is 48.5 Å². The molecule has 0 unspecified atom stereocenters. The third-order valence-electron chi connectivity index (χ3n) is 5.22. The normalized spacial score (nSPS) is 13.9. The molecule has 0 radical (unpaired) electrons. The molecule has 1 aliphatic rings.